The van der Waals surface area contributed by atoms with Gasteiger partial charge in [0.25, 0.3) is 0 Å². The minimum absolute atomic E-state index is 0.00474. The summed E-state index contributed by atoms with van der Waals surface area (Å²) in [6, 6.07) is 11.7. The molecule has 0 fully saturated rings. The van der Waals surface area contributed by atoms with Crippen LogP contribution < -0.4 is 4.74 Å². The van der Waals surface area contributed by atoms with Gasteiger partial charge in [0.05, 0.1) is 22.5 Å². The van der Waals surface area contributed by atoms with E-state index in [2.05, 4.69) is 134 Å². The van der Waals surface area contributed by atoms with Crippen LogP contribution in [0.3, 0.4) is 0 Å². The van der Waals surface area contributed by atoms with Crippen molar-refractivity contribution < 1.29 is 14.9 Å². The van der Waals surface area contributed by atoms with Gasteiger partial charge in [-0.15, -0.1) is 23.5 Å². The molecule has 3 nitrogen and oxygen atoms in total. The van der Waals surface area contributed by atoms with Gasteiger partial charge in [0, 0.05) is 33.8 Å². The number of aliphatic hydroxyl groups is 2. The van der Waals surface area contributed by atoms with Crippen molar-refractivity contribution in [1.29, 1.82) is 0 Å². The fourth-order valence-electron chi connectivity index (χ4n) is 4.71. The quantitative estimate of drug-likeness (QED) is 0.158. The van der Waals surface area contributed by atoms with Crippen LogP contribution in [-0.4, -0.2) is 27.0 Å². The van der Waals surface area contributed by atoms with E-state index in [1.807, 2.05) is 23.5 Å². The lowest BCUT2D eigenvalue weighted by molar-refractivity contribution is 0.126. The number of ether oxygens (including phenoxy) is 1. The van der Waals surface area contributed by atoms with Gasteiger partial charge in [-0.05, 0) is 70.9 Å². The van der Waals surface area contributed by atoms with Crippen LogP contribution in [0, 0.1) is 0 Å². The smallest absolute Gasteiger partial charge is 0.126 e. The SMILES string of the molecule is C=C(O)C[C@H](O)CCOc1c(C(C)(C)C)cc(SC(C)(C)Sc2cc(C(C)(C)C)cc(C(C)(C)C)c2)cc1C(C)(C)C. The van der Waals surface area contributed by atoms with Gasteiger partial charge in [-0.1, -0.05) is 95.7 Å². The highest BCUT2D eigenvalue weighted by atomic mass is 32.2. The molecule has 2 N–H and O–H groups in total. The Morgan fingerprint density at radius 3 is 1.45 bits per heavy atom. The van der Waals surface area contributed by atoms with Crippen LogP contribution in [0.15, 0.2) is 52.5 Å². The zero-order valence-corrected chi connectivity index (χ0v) is 30.5. The van der Waals surface area contributed by atoms with Crippen LogP contribution in [0.1, 0.15) is 132 Å². The zero-order chi connectivity index (χ0) is 32.5. The maximum atomic E-state index is 10.3. The molecule has 0 aliphatic heterocycles. The van der Waals surface area contributed by atoms with Crippen molar-refractivity contribution in [3.05, 3.63) is 64.9 Å². The van der Waals surface area contributed by atoms with Crippen molar-refractivity contribution in [1.82, 2.24) is 0 Å². The van der Waals surface area contributed by atoms with E-state index >= 15 is 0 Å². The molecule has 1 atom stereocenters. The molecule has 0 saturated heterocycles. The summed E-state index contributed by atoms with van der Waals surface area (Å²) in [5.74, 6) is 0.905. The molecule has 42 heavy (non-hydrogen) atoms. The van der Waals surface area contributed by atoms with Crippen molar-refractivity contribution in [2.24, 2.45) is 0 Å². The molecule has 0 heterocycles. The normalized spacial score (nSPS) is 14.2. The molecule has 0 aliphatic carbocycles. The molecule has 0 spiro atoms. The molecule has 2 aromatic carbocycles. The van der Waals surface area contributed by atoms with Crippen LogP contribution >= 0.6 is 23.5 Å². The molecule has 0 unspecified atom stereocenters. The van der Waals surface area contributed by atoms with Gasteiger partial charge in [-0.3, -0.25) is 0 Å². The first-order valence-electron chi connectivity index (χ1n) is 15.2. The monoisotopic (exact) mass is 614 g/mol. The minimum Gasteiger partial charge on any atom is -0.513 e. The summed E-state index contributed by atoms with van der Waals surface area (Å²) in [5.41, 5.74) is 4.97. The highest BCUT2D eigenvalue weighted by molar-refractivity contribution is 8.18. The predicted octanol–water partition coefficient (Wildman–Crippen LogP) is 11.1. The van der Waals surface area contributed by atoms with Gasteiger partial charge in [-0.25, -0.2) is 0 Å². The van der Waals surface area contributed by atoms with Crippen LogP contribution in [0.5, 0.6) is 5.75 Å². The zero-order valence-electron chi connectivity index (χ0n) is 28.9. The summed E-state index contributed by atoms with van der Waals surface area (Å²) in [5, 5.41) is 19.7. The van der Waals surface area contributed by atoms with Crippen LogP contribution in [0.2, 0.25) is 0 Å². The van der Waals surface area contributed by atoms with Crippen molar-refractivity contribution in [3.63, 3.8) is 0 Å². The minimum atomic E-state index is -0.679. The molecule has 2 aromatic rings. The highest BCUT2D eigenvalue weighted by Gasteiger charge is 2.31. The Balaban J connectivity index is 2.51. The van der Waals surface area contributed by atoms with Crippen molar-refractivity contribution in [2.75, 3.05) is 6.61 Å². The molecular formula is C37H58O3S2. The predicted molar refractivity (Wildman–Crippen MR) is 186 cm³/mol. The average molecular weight is 615 g/mol. The Bertz CT molecular complexity index is 1160. The molecule has 0 radical (unpaired) electrons. The van der Waals surface area contributed by atoms with Gasteiger partial charge in [0.1, 0.15) is 5.75 Å². The number of hydrogen-bond donors (Lipinski definition) is 2. The largest absolute Gasteiger partial charge is 0.513 e. The topological polar surface area (TPSA) is 49.7 Å². The summed E-state index contributed by atoms with van der Waals surface area (Å²) in [4.78, 5) is 2.54. The Labute approximate surface area is 266 Å². The Morgan fingerprint density at radius 1 is 0.690 bits per heavy atom. The van der Waals surface area contributed by atoms with Crippen LogP contribution in [-0.2, 0) is 21.7 Å². The van der Waals surface area contributed by atoms with Gasteiger partial charge in [0.15, 0.2) is 0 Å². The standard InChI is InChI=1S/C37H58O3S2/c1-24(38)18-27(39)16-17-40-32-30(35(8,9)10)22-29(23-31(32)36(11,12)13)42-37(14,15)41-28-20-25(33(2,3)4)19-26(21-28)34(5,6)7/h19-23,27,38-39H,1,16-18H2,2-15H3/t27-/m1/s1. The Morgan fingerprint density at radius 2 is 1.10 bits per heavy atom. The Hall–Kier alpha value is -1.56. The van der Waals surface area contributed by atoms with Crippen LogP contribution in [0.4, 0.5) is 0 Å². The number of rotatable bonds is 10. The second-order valence-corrected chi connectivity index (χ2v) is 19.9. The van der Waals surface area contributed by atoms with Gasteiger partial charge in [0.2, 0.25) is 0 Å². The van der Waals surface area contributed by atoms with E-state index < -0.39 is 6.10 Å². The number of benzene rings is 2. The first-order chi connectivity index (χ1) is 18.8. The summed E-state index contributed by atoms with van der Waals surface area (Å²) in [7, 11) is 0. The lowest BCUT2D eigenvalue weighted by Gasteiger charge is -2.32. The maximum Gasteiger partial charge on any atom is 0.126 e. The molecular weight excluding hydrogens is 557 g/mol. The highest BCUT2D eigenvalue weighted by Crippen LogP contribution is 2.50. The van der Waals surface area contributed by atoms with Crippen LogP contribution in [0.25, 0.3) is 0 Å². The summed E-state index contributed by atoms with van der Waals surface area (Å²) in [6.45, 7) is 35.6. The lowest BCUT2D eigenvalue weighted by Crippen LogP contribution is -2.22. The van der Waals surface area contributed by atoms with Crippen molar-refractivity contribution in [3.8, 4) is 5.75 Å². The molecule has 2 rings (SSSR count). The summed E-state index contributed by atoms with van der Waals surface area (Å²) in [6.07, 6.45) is -0.0846. The van der Waals surface area contributed by atoms with E-state index in [0.717, 1.165) is 5.75 Å². The summed E-state index contributed by atoms with van der Waals surface area (Å²) < 4.78 is 6.34. The van der Waals surface area contributed by atoms with E-state index in [1.165, 1.54) is 32.0 Å². The van der Waals surface area contributed by atoms with E-state index in [1.54, 1.807) is 0 Å². The number of hydrogen-bond acceptors (Lipinski definition) is 5. The number of aliphatic hydroxyl groups excluding tert-OH is 2. The first-order valence-corrected chi connectivity index (χ1v) is 16.8. The van der Waals surface area contributed by atoms with E-state index in [0.29, 0.717) is 13.0 Å². The second-order valence-electron chi connectivity index (χ2n) is 16.3. The fourth-order valence-corrected chi connectivity index (χ4v) is 7.32. The van der Waals surface area contributed by atoms with E-state index in [4.69, 9.17) is 4.74 Å². The lowest BCUT2D eigenvalue weighted by atomic mass is 9.79. The molecule has 0 amide bonds. The van der Waals surface area contributed by atoms with Crippen molar-refractivity contribution in [2.45, 2.75) is 151 Å². The van der Waals surface area contributed by atoms with Gasteiger partial charge < -0.3 is 14.9 Å². The average Bonchev–Trinajstić information content (AvgIpc) is 2.75. The fraction of sp³-hybridized carbons (Fsp3) is 0.622. The maximum absolute atomic E-state index is 10.3. The molecule has 0 saturated carbocycles. The van der Waals surface area contributed by atoms with E-state index in [9.17, 15) is 10.2 Å². The molecule has 0 bridgehead atoms. The van der Waals surface area contributed by atoms with E-state index in [-0.39, 0.29) is 37.9 Å². The van der Waals surface area contributed by atoms with Gasteiger partial charge in [-0.2, -0.15) is 0 Å². The molecule has 0 aromatic heterocycles. The second kappa shape index (κ2) is 13.2. The molecule has 0 aliphatic rings. The Kier molecular flexibility index (Phi) is 11.5. The third-order valence-electron chi connectivity index (χ3n) is 7.21. The summed E-state index contributed by atoms with van der Waals surface area (Å²) >= 11 is 3.83. The molecule has 236 valence electrons. The van der Waals surface area contributed by atoms with Crippen molar-refractivity contribution >= 4 is 23.5 Å². The third-order valence-corrected chi connectivity index (χ3v) is 9.64. The molecule has 5 heteroatoms. The number of thioether (sulfide) groups is 2. The first kappa shape index (κ1) is 36.6. The van der Waals surface area contributed by atoms with Gasteiger partial charge >= 0.3 is 0 Å². The third kappa shape index (κ3) is 10.9.